The number of likely N-dealkylation sites (tertiary alicyclic amines) is 1. The Kier molecular flexibility index (Phi) is 4.08. The third-order valence-corrected chi connectivity index (χ3v) is 3.78. The van der Waals surface area contributed by atoms with Gasteiger partial charge in [0.15, 0.2) is 0 Å². The van der Waals surface area contributed by atoms with Crippen molar-refractivity contribution in [2.24, 2.45) is 5.41 Å². The number of quaternary nitrogens is 1. The van der Waals surface area contributed by atoms with Crippen molar-refractivity contribution in [3.05, 3.63) is 0 Å². The number of methoxy groups -OCH3 is 1. The van der Waals surface area contributed by atoms with Crippen molar-refractivity contribution < 1.29 is 19.2 Å². The maximum Gasteiger partial charge on any atom is 0.305 e. The fourth-order valence-corrected chi connectivity index (χ4v) is 2.29. The second-order valence-corrected chi connectivity index (χ2v) is 5.19. The van der Waals surface area contributed by atoms with Crippen LogP contribution in [0.5, 0.6) is 0 Å². The average molecular weight is 228 g/mol. The van der Waals surface area contributed by atoms with E-state index in [0.717, 1.165) is 6.54 Å². The minimum absolute atomic E-state index is 0.231. The number of hydrogen-bond acceptors (Lipinski definition) is 3. The third-order valence-electron chi connectivity index (χ3n) is 3.78. The SMILES string of the molecule is COC(=O)CC[C@@]1(C)C[NH+](C)[C@@H](C)CC1=O. The molecule has 0 radical (unpaired) electrons. The molecule has 1 fully saturated rings. The van der Waals surface area contributed by atoms with Crippen LogP contribution in [-0.2, 0) is 14.3 Å². The molecule has 4 nitrogen and oxygen atoms in total. The quantitative estimate of drug-likeness (QED) is 0.682. The summed E-state index contributed by atoms with van der Waals surface area (Å²) in [4.78, 5) is 24.5. The standard InChI is InChI=1S/C12H21NO3/c1-9-7-10(14)12(2,8-13(9)3)6-5-11(15)16-4/h9H,5-8H2,1-4H3/p+1/t9-,12-/m0/s1. The van der Waals surface area contributed by atoms with Gasteiger partial charge in [0, 0.05) is 6.42 Å². The number of rotatable bonds is 3. The maximum atomic E-state index is 12.0. The molecule has 1 aliphatic heterocycles. The molecule has 0 aromatic heterocycles. The van der Waals surface area contributed by atoms with Gasteiger partial charge in [0.1, 0.15) is 5.78 Å². The smallest absolute Gasteiger partial charge is 0.305 e. The van der Waals surface area contributed by atoms with Gasteiger partial charge in [-0.1, -0.05) is 0 Å². The first-order chi connectivity index (χ1) is 7.39. The van der Waals surface area contributed by atoms with Crippen molar-refractivity contribution in [1.82, 2.24) is 0 Å². The number of carbonyl (C=O) groups excluding carboxylic acids is 2. The van der Waals surface area contributed by atoms with Gasteiger partial charge in [-0.05, 0) is 20.3 Å². The molecule has 16 heavy (non-hydrogen) atoms. The zero-order valence-electron chi connectivity index (χ0n) is 10.6. The van der Waals surface area contributed by atoms with E-state index in [1.54, 1.807) is 0 Å². The highest BCUT2D eigenvalue weighted by Gasteiger charge is 2.43. The number of ether oxygens (including phenoxy) is 1. The number of nitrogens with one attached hydrogen (secondary N) is 1. The topological polar surface area (TPSA) is 47.8 Å². The molecule has 92 valence electrons. The van der Waals surface area contributed by atoms with Crippen LogP contribution in [0.25, 0.3) is 0 Å². The van der Waals surface area contributed by atoms with Crippen LogP contribution in [-0.4, -0.2) is 38.5 Å². The van der Waals surface area contributed by atoms with Crippen LogP contribution in [0.15, 0.2) is 0 Å². The number of piperidine rings is 1. The Morgan fingerprint density at radius 1 is 1.62 bits per heavy atom. The zero-order chi connectivity index (χ0) is 12.3. The summed E-state index contributed by atoms with van der Waals surface area (Å²) in [5.41, 5.74) is -0.356. The lowest BCUT2D eigenvalue weighted by atomic mass is 9.75. The molecule has 0 bridgehead atoms. The largest absolute Gasteiger partial charge is 0.469 e. The van der Waals surface area contributed by atoms with Crippen LogP contribution < -0.4 is 4.90 Å². The van der Waals surface area contributed by atoms with Gasteiger partial charge in [0.05, 0.1) is 38.6 Å². The van der Waals surface area contributed by atoms with Gasteiger partial charge in [0.2, 0.25) is 0 Å². The van der Waals surface area contributed by atoms with Gasteiger partial charge >= 0.3 is 5.97 Å². The van der Waals surface area contributed by atoms with E-state index in [9.17, 15) is 9.59 Å². The zero-order valence-corrected chi connectivity index (χ0v) is 10.6. The lowest BCUT2D eigenvalue weighted by molar-refractivity contribution is -0.912. The van der Waals surface area contributed by atoms with Crippen molar-refractivity contribution in [1.29, 1.82) is 0 Å². The summed E-state index contributed by atoms with van der Waals surface area (Å²) in [5, 5.41) is 0. The minimum Gasteiger partial charge on any atom is -0.469 e. The molecule has 0 aliphatic carbocycles. The lowest BCUT2D eigenvalue weighted by Gasteiger charge is -2.38. The van der Waals surface area contributed by atoms with E-state index < -0.39 is 0 Å². The highest BCUT2D eigenvalue weighted by atomic mass is 16.5. The molecule has 4 heteroatoms. The first kappa shape index (κ1) is 13.2. The summed E-state index contributed by atoms with van der Waals surface area (Å²) in [6.07, 6.45) is 1.55. The monoisotopic (exact) mass is 228 g/mol. The minimum atomic E-state index is -0.356. The van der Waals surface area contributed by atoms with Gasteiger partial charge in [0.25, 0.3) is 0 Å². The Balaban J connectivity index is 2.61. The summed E-state index contributed by atoms with van der Waals surface area (Å²) in [5.74, 6) is 0.0554. The van der Waals surface area contributed by atoms with Crippen molar-refractivity contribution >= 4 is 11.8 Å². The van der Waals surface area contributed by atoms with Crippen molar-refractivity contribution in [3.63, 3.8) is 0 Å². The maximum absolute atomic E-state index is 12.0. The summed E-state index contributed by atoms with van der Waals surface area (Å²) in [7, 11) is 3.49. The molecule has 3 atom stereocenters. The highest BCUT2D eigenvalue weighted by Crippen LogP contribution is 2.27. The number of Topliss-reactive ketones (excluding diaryl/α,β-unsaturated/α-hetero) is 1. The van der Waals surface area contributed by atoms with E-state index in [4.69, 9.17) is 0 Å². The third kappa shape index (κ3) is 2.82. The van der Waals surface area contributed by atoms with Crippen molar-refractivity contribution in [3.8, 4) is 0 Å². The number of carbonyl (C=O) groups is 2. The first-order valence-corrected chi connectivity index (χ1v) is 5.81. The molecule has 1 unspecified atom stereocenters. The molecule has 0 aromatic carbocycles. The van der Waals surface area contributed by atoms with E-state index in [1.807, 2.05) is 6.92 Å². The molecule has 0 saturated carbocycles. The predicted molar refractivity (Wildman–Crippen MR) is 60.2 cm³/mol. The lowest BCUT2D eigenvalue weighted by Crippen LogP contribution is -3.15. The van der Waals surface area contributed by atoms with Crippen LogP contribution in [0.1, 0.15) is 33.1 Å². The van der Waals surface area contributed by atoms with E-state index in [1.165, 1.54) is 12.0 Å². The molecule has 1 saturated heterocycles. The molecule has 1 aliphatic rings. The van der Waals surface area contributed by atoms with Crippen LogP contribution >= 0.6 is 0 Å². The number of ketones is 1. The second kappa shape index (κ2) is 4.95. The number of hydrogen-bond donors (Lipinski definition) is 1. The summed E-state index contributed by atoms with van der Waals surface area (Å²) in [6, 6.07) is 0.388. The van der Waals surface area contributed by atoms with Gasteiger partial charge in [-0.2, -0.15) is 0 Å². The van der Waals surface area contributed by atoms with E-state index in [2.05, 4.69) is 18.7 Å². The van der Waals surface area contributed by atoms with Gasteiger partial charge < -0.3 is 9.64 Å². The van der Waals surface area contributed by atoms with E-state index in [0.29, 0.717) is 25.3 Å². The van der Waals surface area contributed by atoms with Crippen LogP contribution in [0.3, 0.4) is 0 Å². The molecule has 0 spiro atoms. The Morgan fingerprint density at radius 3 is 2.81 bits per heavy atom. The van der Waals surface area contributed by atoms with E-state index in [-0.39, 0.29) is 17.2 Å². The summed E-state index contributed by atoms with van der Waals surface area (Å²) < 4.78 is 4.61. The molecule has 1 heterocycles. The first-order valence-electron chi connectivity index (χ1n) is 5.81. The Morgan fingerprint density at radius 2 is 2.25 bits per heavy atom. The Labute approximate surface area is 96.9 Å². The average Bonchev–Trinajstić information content (AvgIpc) is 2.23. The van der Waals surface area contributed by atoms with Crippen molar-refractivity contribution in [2.75, 3.05) is 20.7 Å². The normalized spacial score (nSPS) is 34.9. The molecule has 1 N–H and O–H groups in total. The highest BCUT2D eigenvalue weighted by molar-refractivity contribution is 5.86. The van der Waals surface area contributed by atoms with Crippen molar-refractivity contribution in [2.45, 2.75) is 39.2 Å². The van der Waals surface area contributed by atoms with Gasteiger partial charge in [-0.3, -0.25) is 9.59 Å². The Hall–Kier alpha value is -0.900. The fourth-order valence-electron chi connectivity index (χ4n) is 2.29. The van der Waals surface area contributed by atoms with Crippen LogP contribution in [0.2, 0.25) is 0 Å². The van der Waals surface area contributed by atoms with Gasteiger partial charge in [-0.25, -0.2) is 0 Å². The molecular formula is C12H22NO3+. The Bertz CT molecular complexity index is 290. The molecule has 1 rings (SSSR count). The molecular weight excluding hydrogens is 206 g/mol. The predicted octanol–water partition coefficient (Wildman–Crippen LogP) is -0.178. The van der Waals surface area contributed by atoms with Gasteiger partial charge in [-0.15, -0.1) is 0 Å². The second-order valence-electron chi connectivity index (χ2n) is 5.19. The number of esters is 1. The fraction of sp³-hybridized carbons (Fsp3) is 0.833. The molecule has 0 amide bonds. The summed E-state index contributed by atoms with van der Waals surface area (Å²) >= 11 is 0. The molecule has 0 aromatic rings. The summed E-state index contributed by atoms with van der Waals surface area (Å²) in [6.45, 7) is 4.87. The van der Waals surface area contributed by atoms with Crippen LogP contribution in [0.4, 0.5) is 0 Å². The van der Waals surface area contributed by atoms with Crippen LogP contribution in [0, 0.1) is 5.41 Å². The van der Waals surface area contributed by atoms with E-state index >= 15 is 0 Å².